The fourth-order valence-electron chi connectivity index (χ4n) is 1.18. The quantitative estimate of drug-likeness (QED) is 0.666. The van der Waals surface area contributed by atoms with Gasteiger partial charge in [-0.2, -0.15) is 0 Å². The number of phenols is 1. The molecule has 0 saturated carbocycles. The molecule has 2 nitrogen and oxygen atoms in total. The number of para-hydroxylation sites is 1. The molecule has 14 heavy (non-hydrogen) atoms. The van der Waals surface area contributed by atoms with Crippen LogP contribution in [0.15, 0.2) is 24.3 Å². The number of nitrogens with zero attached hydrogens (tertiary/aromatic N) is 1. The topological polar surface area (TPSA) is 20.2 Å². The summed E-state index contributed by atoms with van der Waals surface area (Å²) < 4.78 is 0.925. The van der Waals surface area contributed by atoms with E-state index in [0.29, 0.717) is 5.75 Å². The van der Waals surface area contributed by atoms with E-state index in [2.05, 4.69) is 21.1 Å². The van der Waals surface area contributed by atoms with E-state index in [1.54, 1.807) is 6.07 Å². The van der Waals surface area contributed by atoms with E-state index < -0.39 is 0 Å². The smallest absolute Gasteiger partial charge is 0.118 e. The number of halogens is 1. The summed E-state index contributed by atoms with van der Waals surface area (Å²) in [5, 5.41) is 9.50. The molecule has 0 fully saturated rings. The maximum Gasteiger partial charge on any atom is 0.118 e. The van der Waals surface area contributed by atoms with Crippen LogP contribution in [0.1, 0.15) is 5.56 Å². The number of rotatable bonds is 3. The maximum absolute atomic E-state index is 9.50. The van der Waals surface area contributed by atoms with E-state index in [9.17, 15) is 5.11 Å². The molecule has 0 aliphatic rings. The van der Waals surface area contributed by atoms with Crippen LogP contribution >= 0.6 is 0 Å². The zero-order valence-electron chi connectivity index (χ0n) is 9.00. The van der Waals surface area contributed by atoms with Gasteiger partial charge in [0.05, 0.1) is 27.7 Å². The van der Waals surface area contributed by atoms with Crippen molar-refractivity contribution in [3.8, 4) is 5.75 Å². The SMILES string of the molecule is C[N+](C)(C)CCc1ccccc1O.[Br-]. The largest absolute Gasteiger partial charge is 1.00 e. The maximum atomic E-state index is 9.50. The lowest BCUT2D eigenvalue weighted by atomic mass is 10.1. The summed E-state index contributed by atoms with van der Waals surface area (Å²) in [6.07, 6.45) is 0.927. The monoisotopic (exact) mass is 259 g/mol. The molecule has 0 aromatic heterocycles. The van der Waals surface area contributed by atoms with Crippen LogP contribution in [0.5, 0.6) is 5.75 Å². The van der Waals surface area contributed by atoms with E-state index in [4.69, 9.17) is 0 Å². The Bertz CT molecular complexity index is 281. The van der Waals surface area contributed by atoms with Crippen LogP contribution in [-0.4, -0.2) is 37.3 Å². The van der Waals surface area contributed by atoms with Gasteiger partial charge in [-0.1, -0.05) is 18.2 Å². The van der Waals surface area contributed by atoms with Gasteiger partial charge in [0.25, 0.3) is 0 Å². The zero-order chi connectivity index (χ0) is 9.90. The van der Waals surface area contributed by atoms with Crippen molar-refractivity contribution in [1.82, 2.24) is 0 Å². The predicted octanol–water partition coefficient (Wildman–Crippen LogP) is -1.36. The highest BCUT2D eigenvalue weighted by molar-refractivity contribution is 5.31. The third-order valence-electron chi connectivity index (χ3n) is 2.04. The Labute approximate surface area is 96.5 Å². The molecule has 3 heteroatoms. The van der Waals surface area contributed by atoms with Crippen LogP contribution in [0.4, 0.5) is 0 Å². The summed E-state index contributed by atoms with van der Waals surface area (Å²) >= 11 is 0. The lowest BCUT2D eigenvalue weighted by molar-refractivity contribution is -0.870. The molecule has 0 saturated heterocycles. The van der Waals surface area contributed by atoms with Crippen molar-refractivity contribution in [2.24, 2.45) is 0 Å². The molecule has 80 valence electrons. The highest BCUT2D eigenvalue weighted by atomic mass is 79.9. The number of quaternary nitrogens is 1. The normalized spacial score (nSPS) is 10.8. The molecule has 1 rings (SSSR count). The first-order valence-corrected chi connectivity index (χ1v) is 4.56. The lowest BCUT2D eigenvalue weighted by Gasteiger charge is -2.23. The third-order valence-corrected chi connectivity index (χ3v) is 2.04. The Morgan fingerprint density at radius 3 is 2.21 bits per heavy atom. The summed E-state index contributed by atoms with van der Waals surface area (Å²) in [4.78, 5) is 0. The van der Waals surface area contributed by atoms with Crippen LogP contribution in [0.2, 0.25) is 0 Å². The molecule has 1 N–H and O–H groups in total. The van der Waals surface area contributed by atoms with Crippen LogP contribution in [-0.2, 0) is 6.42 Å². The number of phenolic OH excluding ortho intramolecular Hbond substituents is 1. The average Bonchev–Trinajstić information content (AvgIpc) is 2.01. The van der Waals surface area contributed by atoms with Gasteiger partial charge >= 0.3 is 0 Å². The fraction of sp³-hybridized carbons (Fsp3) is 0.455. The third kappa shape index (κ3) is 4.63. The van der Waals surface area contributed by atoms with Crippen molar-refractivity contribution in [3.05, 3.63) is 29.8 Å². The zero-order valence-corrected chi connectivity index (χ0v) is 10.6. The standard InChI is InChI=1S/C11H17NO.BrH/c1-12(2,3)9-8-10-6-4-5-7-11(10)13;/h4-7H,8-9H2,1-3H3;1H. The molecule has 0 unspecified atom stereocenters. The van der Waals surface area contributed by atoms with Gasteiger partial charge in [-0.15, -0.1) is 0 Å². The number of hydrogen-bond donors (Lipinski definition) is 1. The van der Waals surface area contributed by atoms with E-state index in [1.165, 1.54) is 0 Å². The Morgan fingerprint density at radius 1 is 1.14 bits per heavy atom. The Balaban J connectivity index is 0.00000169. The minimum Gasteiger partial charge on any atom is -1.00 e. The first-order valence-electron chi connectivity index (χ1n) is 4.56. The summed E-state index contributed by atoms with van der Waals surface area (Å²) in [6, 6.07) is 7.53. The van der Waals surface area contributed by atoms with Crippen molar-refractivity contribution in [3.63, 3.8) is 0 Å². The van der Waals surface area contributed by atoms with Crippen molar-refractivity contribution in [2.45, 2.75) is 6.42 Å². The lowest BCUT2D eigenvalue weighted by Crippen LogP contribution is -3.00. The van der Waals surface area contributed by atoms with Gasteiger partial charge in [-0.25, -0.2) is 0 Å². The number of hydrogen-bond acceptors (Lipinski definition) is 1. The molecule has 0 spiro atoms. The van der Waals surface area contributed by atoms with E-state index in [1.807, 2.05) is 18.2 Å². The molecular weight excluding hydrogens is 242 g/mol. The minimum atomic E-state index is 0. The predicted molar refractivity (Wildman–Crippen MR) is 54.7 cm³/mol. The molecule has 1 aromatic rings. The highest BCUT2D eigenvalue weighted by Crippen LogP contribution is 2.16. The van der Waals surface area contributed by atoms with Crippen LogP contribution in [0.3, 0.4) is 0 Å². The van der Waals surface area contributed by atoms with Gasteiger partial charge in [0.2, 0.25) is 0 Å². The first kappa shape index (κ1) is 13.5. The molecule has 0 aliphatic carbocycles. The van der Waals surface area contributed by atoms with E-state index in [-0.39, 0.29) is 17.0 Å². The van der Waals surface area contributed by atoms with Gasteiger partial charge in [0.1, 0.15) is 5.75 Å². The van der Waals surface area contributed by atoms with Crippen molar-refractivity contribution < 1.29 is 26.6 Å². The second-order valence-corrected chi connectivity index (χ2v) is 4.39. The average molecular weight is 260 g/mol. The second-order valence-electron chi connectivity index (χ2n) is 4.39. The molecule has 0 aliphatic heterocycles. The summed E-state index contributed by atoms with van der Waals surface area (Å²) in [7, 11) is 6.46. The van der Waals surface area contributed by atoms with Crippen molar-refractivity contribution in [2.75, 3.05) is 27.7 Å². The van der Waals surface area contributed by atoms with Crippen molar-refractivity contribution >= 4 is 0 Å². The highest BCUT2D eigenvalue weighted by Gasteiger charge is 2.08. The number of likely N-dealkylation sites (N-methyl/N-ethyl adjacent to an activating group) is 1. The summed E-state index contributed by atoms with van der Waals surface area (Å²) in [6.45, 7) is 1.04. The molecule has 0 atom stereocenters. The van der Waals surface area contributed by atoms with Gasteiger partial charge in [-0.05, 0) is 11.6 Å². The van der Waals surface area contributed by atoms with Crippen LogP contribution < -0.4 is 17.0 Å². The number of benzene rings is 1. The van der Waals surface area contributed by atoms with Crippen LogP contribution in [0.25, 0.3) is 0 Å². The second kappa shape index (κ2) is 5.37. The van der Waals surface area contributed by atoms with Crippen molar-refractivity contribution in [1.29, 1.82) is 0 Å². The van der Waals surface area contributed by atoms with Gasteiger partial charge in [-0.3, -0.25) is 0 Å². The first-order chi connectivity index (χ1) is 5.99. The molecule has 0 heterocycles. The van der Waals surface area contributed by atoms with E-state index >= 15 is 0 Å². The molecule has 0 bridgehead atoms. The molecule has 0 radical (unpaired) electrons. The Morgan fingerprint density at radius 2 is 1.71 bits per heavy atom. The Hall–Kier alpha value is -0.540. The summed E-state index contributed by atoms with van der Waals surface area (Å²) in [5.41, 5.74) is 1.04. The van der Waals surface area contributed by atoms with E-state index in [0.717, 1.165) is 23.0 Å². The Kier molecular flexibility index (Phi) is 5.16. The molecule has 0 amide bonds. The summed E-state index contributed by atoms with van der Waals surface area (Å²) in [5.74, 6) is 0.413. The molecule has 1 aromatic carbocycles. The van der Waals surface area contributed by atoms with Gasteiger partial charge in [0.15, 0.2) is 0 Å². The van der Waals surface area contributed by atoms with Gasteiger partial charge in [0, 0.05) is 6.42 Å². The molecular formula is C11H18BrNO. The number of aromatic hydroxyl groups is 1. The van der Waals surface area contributed by atoms with Gasteiger partial charge < -0.3 is 26.6 Å². The van der Waals surface area contributed by atoms with Crippen LogP contribution in [0, 0.1) is 0 Å². The minimum absolute atomic E-state index is 0. The fourth-order valence-corrected chi connectivity index (χ4v) is 1.18.